The van der Waals surface area contributed by atoms with Gasteiger partial charge >= 0.3 is 0 Å². The number of carbonyl (C=O) groups excluding carboxylic acids is 1. The summed E-state index contributed by atoms with van der Waals surface area (Å²) in [5.74, 6) is 1.10. The van der Waals surface area contributed by atoms with Crippen LogP contribution in [0.4, 0.5) is 17.1 Å². The van der Waals surface area contributed by atoms with Crippen LogP contribution in [0.5, 0.6) is 17.2 Å². The second kappa shape index (κ2) is 11.7. The van der Waals surface area contributed by atoms with E-state index in [0.29, 0.717) is 53.0 Å². The molecule has 0 aromatic heterocycles. The molecule has 10 heteroatoms. The van der Waals surface area contributed by atoms with Gasteiger partial charge in [-0.05, 0) is 68.4 Å². The minimum atomic E-state index is -4.00. The Hall–Kier alpha value is -3.92. The topological polar surface area (TPSA) is 106 Å². The number of sulfonamides is 1. The largest absolute Gasteiger partial charge is 0.497 e. The highest BCUT2D eigenvalue weighted by Crippen LogP contribution is 2.31. The van der Waals surface area contributed by atoms with E-state index >= 15 is 0 Å². The summed E-state index contributed by atoms with van der Waals surface area (Å²) in [5, 5.41) is 2.78. The lowest BCUT2D eigenvalue weighted by molar-refractivity contribution is 0.102. The molecular weight excluding hydrogens is 482 g/mol. The van der Waals surface area contributed by atoms with Crippen molar-refractivity contribution in [2.24, 2.45) is 0 Å². The molecule has 3 aromatic rings. The van der Waals surface area contributed by atoms with Crippen LogP contribution in [0.15, 0.2) is 65.6 Å². The fraction of sp³-hybridized carbons (Fsp3) is 0.269. The van der Waals surface area contributed by atoms with Gasteiger partial charge in [0.05, 0.1) is 27.0 Å². The SMILES string of the molecule is CCN(CC)c1ccc(NC(=O)c2cc(OC)cc(OC)c2)cc1S(=O)(=O)Nc1ccc(OC)cc1. The number of carbonyl (C=O) groups is 1. The molecule has 0 atom stereocenters. The van der Waals surface area contributed by atoms with Crippen LogP contribution in [0, 0.1) is 0 Å². The number of nitrogens with one attached hydrogen (secondary N) is 2. The van der Waals surface area contributed by atoms with Gasteiger partial charge in [-0.3, -0.25) is 9.52 Å². The Labute approximate surface area is 212 Å². The maximum absolute atomic E-state index is 13.5. The Balaban J connectivity index is 1.98. The van der Waals surface area contributed by atoms with Crippen LogP contribution in [-0.2, 0) is 10.0 Å². The molecule has 0 fully saturated rings. The first-order valence-corrected chi connectivity index (χ1v) is 12.8. The summed E-state index contributed by atoms with van der Waals surface area (Å²) < 4.78 is 45.2. The molecule has 0 unspecified atom stereocenters. The third kappa shape index (κ3) is 6.19. The number of amides is 1. The molecule has 192 valence electrons. The lowest BCUT2D eigenvalue weighted by Gasteiger charge is -2.25. The Kier molecular flexibility index (Phi) is 8.65. The van der Waals surface area contributed by atoms with Gasteiger partial charge in [0.15, 0.2) is 0 Å². The number of hydrogen-bond donors (Lipinski definition) is 2. The van der Waals surface area contributed by atoms with E-state index in [0.717, 1.165) is 0 Å². The number of benzene rings is 3. The quantitative estimate of drug-likeness (QED) is 0.386. The van der Waals surface area contributed by atoms with Crippen molar-refractivity contribution >= 4 is 33.0 Å². The first-order chi connectivity index (χ1) is 17.2. The maximum atomic E-state index is 13.5. The van der Waals surface area contributed by atoms with E-state index in [4.69, 9.17) is 14.2 Å². The van der Waals surface area contributed by atoms with E-state index < -0.39 is 15.9 Å². The van der Waals surface area contributed by atoms with Gasteiger partial charge in [0.2, 0.25) is 0 Å². The van der Waals surface area contributed by atoms with Crippen LogP contribution in [0.3, 0.4) is 0 Å². The number of anilines is 3. The van der Waals surface area contributed by atoms with Crippen LogP contribution in [0.25, 0.3) is 0 Å². The number of rotatable bonds is 11. The normalized spacial score (nSPS) is 10.9. The standard InChI is InChI=1S/C26H31N3O6S/c1-6-29(7-2)24-13-10-20(27-26(30)18-14-22(34-4)17-23(15-18)35-5)16-25(24)36(31,32)28-19-8-11-21(33-3)12-9-19/h8-17,28H,6-7H2,1-5H3,(H,27,30). The molecule has 0 heterocycles. The average molecular weight is 514 g/mol. The van der Waals surface area contributed by atoms with E-state index in [2.05, 4.69) is 10.0 Å². The Morgan fingerprint density at radius 3 is 1.86 bits per heavy atom. The molecule has 0 saturated heterocycles. The first kappa shape index (κ1) is 26.7. The molecule has 36 heavy (non-hydrogen) atoms. The zero-order chi connectivity index (χ0) is 26.3. The van der Waals surface area contributed by atoms with Gasteiger partial charge in [0.1, 0.15) is 22.1 Å². The summed E-state index contributed by atoms with van der Waals surface area (Å²) in [4.78, 5) is 15.0. The lowest BCUT2D eigenvalue weighted by Crippen LogP contribution is -2.26. The molecule has 0 spiro atoms. The van der Waals surface area contributed by atoms with Gasteiger partial charge < -0.3 is 24.4 Å². The third-order valence-electron chi connectivity index (χ3n) is 5.57. The zero-order valence-electron chi connectivity index (χ0n) is 21.0. The van der Waals surface area contributed by atoms with Crippen molar-refractivity contribution in [3.63, 3.8) is 0 Å². The Morgan fingerprint density at radius 2 is 1.33 bits per heavy atom. The third-order valence-corrected chi connectivity index (χ3v) is 6.98. The van der Waals surface area contributed by atoms with Crippen LogP contribution < -0.4 is 29.1 Å². The lowest BCUT2D eigenvalue weighted by atomic mass is 10.1. The van der Waals surface area contributed by atoms with Crippen LogP contribution in [-0.4, -0.2) is 48.7 Å². The summed E-state index contributed by atoms with van der Waals surface area (Å²) in [6.07, 6.45) is 0. The van der Waals surface area contributed by atoms with Crippen molar-refractivity contribution in [2.45, 2.75) is 18.7 Å². The van der Waals surface area contributed by atoms with E-state index in [9.17, 15) is 13.2 Å². The number of hydrogen-bond acceptors (Lipinski definition) is 7. The van der Waals surface area contributed by atoms with Crippen LogP contribution in [0.1, 0.15) is 24.2 Å². The Morgan fingerprint density at radius 1 is 0.778 bits per heavy atom. The van der Waals surface area contributed by atoms with Crippen molar-refractivity contribution in [2.75, 3.05) is 49.4 Å². The van der Waals surface area contributed by atoms with E-state index in [1.807, 2.05) is 18.7 Å². The van der Waals surface area contributed by atoms with Crippen molar-refractivity contribution in [3.8, 4) is 17.2 Å². The molecule has 0 aliphatic heterocycles. The summed E-state index contributed by atoms with van der Waals surface area (Å²) in [6.45, 7) is 5.11. The van der Waals surface area contributed by atoms with E-state index in [-0.39, 0.29) is 4.90 Å². The van der Waals surface area contributed by atoms with E-state index in [1.165, 1.54) is 27.4 Å². The smallest absolute Gasteiger partial charge is 0.264 e. The molecule has 1 amide bonds. The maximum Gasteiger partial charge on any atom is 0.264 e. The monoisotopic (exact) mass is 513 g/mol. The Bertz CT molecular complexity index is 1280. The second-order valence-corrected chi connectivity index (χ2v) is 9.40. The number of nitrogens with zero attached hydrogens (tertiary/aromatic N) is 1. The molecule has 2 N–H and O–H groups in total. The van der Waals surface area contributed by atoms with Crippen LogP contribution >= 0.6 is 0 Å². The predicted molar refractivity (Wildman–Crippen MR) is 141 cm³/mol. The van der Waals surface area contributed by atoms with Gasteiger partial charge in [0.25, 0.3) is 15.9 Å². The highest BCUT2D eigenvalue weighted by atomic mass is 32.2. The average Bonchev–Trinajstić information content (AvgIpc) is 2.89. The van der Waals surface area contributed by atoms with Crippen molar-refractivity contribution in [1.29, 1.82) is 0 Å². The van der Waals surface area contributed by atoms with Gasteiger partial charge in [-0.1, -0.05) is 0 Å². The molecule has 0 aliphatic rings. The molecule has 0 saturated carbocycles. The molecule has 0 radical (unpaired) electrons. The minimum Gasteiger partial charge on any atom is -0.497 e. The van der Waals surface area contributed by atoms with Crippen molar-refractivity contribution in [1.82, 2.24) is 0 Å². The molecule has 0 bridgehead atoms. The molecule has 9 nitrogen and oxygen atoms in total. The highest BCUT2D eigenvalue weighted by molar-refractivity contribution is 7.92. The predicted octanol–water partition coefficient (Wildman–Crippen LogP) is 4.61. The molecule has 3 aromatic carbocycles. The van der Waals surface area contributed by atoms with Gasteiger partial charge in [-0.2, -0.15) is 0 Å². The number of methoxy groups -OCH3 is 3. The minimum absolute atomic E-state index is 0.0445. The number of ether oxygens (including phenoxy) is 3. The van der Waals surface area contributed by atoms with Crippen LogP contribution in [0.2, 0.25) is 0 Å². The molecule has 3 rings (SSSR count). The fourth-order valence-corrected chi connectivity index (χ4v) is 4.95. The second-order valence-electron chi connectivity index (χ2n) is 7.74. The first-order valence-electron chi connectivity index (χ1n) is 11.3. The summed E-state index contributed by atoms with van der Waals surface area (Å²) in [6, 6.07) is 16.2. The summed E-state index contributed by atoms with van der Waals surface area (Å²) in [5.41, 5.74) is 1.55. The summed E-state index contributed by atoms with van der Waals surface area (Å²) in [7, 11) is 0.533. The van der Waals surface area contributed by atoms with Gasteiger partial charge in [-0.15, -0.1) is 0 Å². The van der Waals surface area contributed by atoms with Crippen molar-refractivity contribution in [3.05, 3.63) is 66.2 Å². The highest BCUT2D eigenvalue weighted by Gasteiger charge is 2.23. The van der Waals surface area contributed by atoms with Gasteiger partial charge in [-0.25, -0.2) is 8.42 Å². The van der Waals surface area contributed by atoms with E-state index in [1.54, 1.807) is 54.6 Å². The zero-order valence-corrected chi connectivity index (χ0v) is 21.8. The fourth-order valence-electron chi connectivity index (χ4n) is 3.64. The van der Waals surface area contributed by atoms with Crippen molar-refractivity contribution < 1.29 is 27.4 Å². The van der Waals surface area contributed by atoms with Gasteiger partial charge in [0, 0.05) is 36.1 Å². The molecule has 0 aliphatic carbocycles. The molecular formula is C26H31N3O6S. The summed E-state index contributed by atoms with van der Waals surface area (Å²) >= 11 is 0.